The van der Waals surface area contributed by atoms with Gasteiger partial charge >= 0.3 is 0 Å². The van der Waals surface area contributed by atoms with Crippen molar-refractivity contribution in [3.05, 3.63) is 20.3 Å². The summed E-state index contributed by atoms with van der Waals surface area (Å²) in [5.74, 6) is 0. The van der Waals surface area contributed by atoms with Crippen LogP contribution < -0.4 is 0 Å². The van der Waals surface area contributed by atoms with Gasteiger partial charge in [-0.15, -0.1) is 11.3 Å². The van der Waals surface area contributed by atoms with E-state index in [1.165, 1.54) is 10.4 Å². The monoisotopic (exact) mass is 273 g/mol. The Kier molecular flexibility index (Phi) is 5.16. The summed E-state index contributed by atoms with van der Waals surface area (Å²) in [7, 11) is 0. The number of aliphatic hydroxyl groups excluding tert-OH is 1. The average Bonchev–Trinajstić information content (AvgIpc) is 2.52. The Labute approximate surface area is 96.3 Å². The van der Waals surface area contributed by atoms with E-state index < -0.39 is 0 Å². The molecule has 1 rings (SSSR count). The quantitative estimate of drug-likeness (QED) is 0.897. The lowest BCUT2D eigenvalue weighted by atomic mass is 10.1. The molecule has 2 nitrogen and oxygen atoms in total. The Morgan fingerprint density at radius 3 is 2.93 bits per heavy atom. The van der Waals surface area contributed by atoms with E-state index in [4.69, 9.17) is 10.4 Å². The maximum Gasteiger partial charge on any atom is 0.0704 e. The number of rotatable bonds is 5. The zero-order chi connectivity index (χ0) is 10.4. The van der Waals surface area contributed by atoms with Gasteiger partial charge in [0.05, 0.1) is 9.86 Å². The first-order valence-corrected chi connectivity index (χ1v) is 6.13. The highest BCUT2D eigenvalue weighted by molar-refractivity contribution is 9.11. The van der Waals surface area contributed by atoms with Crippen molar-refractivity contribution in [2.24, 2.45) is 0 Å². The summed E-state index contributed by atoms with van der Waals surface area (Å²) in [6.07, 6.45) is 3.09. The van der Waals surface area contributed by atoms with Crippen LogP contribution in [-0.2, 0) is 12.8 Å². The fraction of sp³-hybridized carbons (Fsp3) is 0.500. The lowest BCUT2D eigenvalue weighted by Gasteiger charge is -1.99. The van der Waals surface area contributed by atoms with E-state index in [1.54, 1.807) is 11.3 Å². The third kappa shape index (κ3) is 3.41. The fourth-order valence-corrected chi connectivity index (χ4v) is 3.12. The van der Waals surface area contributed by atoms with Crippen LogP contribution >= 0.6 is 27.3 Å². The molecule has 0 fully saturated rings. The third-order valence-corrected chi connectivity index (χ3v) is 3.67. The molecule has 0 aromatic carbocycles. The van der Waals surface area contributed by atoms with Crippen molar-refractivity contribution in [2.45, 2.75) is 25.7 Å². The molecule has 0 saturated carbocycles. The molecule has 0 bridgehead atoms. The van der Waals surface area contributed by atoms with Crippen molar-refractivity contribution in [1.29, 1.82) is 5.26 Å². The molecule has 0 aliphatic rings. The van der Waals surface area contributed by atoms with E-state index in [0.29, 0.717) is 6.42 Å². The second-order valence-corrected chi connectivity index (χ2v) is 5.50. The van der Waals surface area contributed by atoms with Crippen LogP contribution in [0.1, 0.15) is 23.3 Å². The number of hydrogen-bond donors (Lipinski definition) is 1. The van der Waals surface area contributed by atoms with Gasteiger partial charge in [-0.1, -0.05) is 0 Å². The molecule has 1 heterocycles. The molecule has 0 aliphatic heterocycles. The molecule has 0 unspecified atom stereocenters. The lowest BCUT2D eigenvalue weighted by molar-refractivity contribution is 0.289. The highest BCUT2D eigenvalue weighted by atomic mass is 79.9. The summed E-state index contributed by atoms with van der Waals surface area (Å²) in [6.45, 7) is 0.229. The molecule has 0 radical (unpaired) electrons. The number of nitriles is 1. The summed E-state index contributed by atoms with van der Waals surface area (Å²) in [5.41, 5.74) is 1.25. The summed E-state index contributed by atoms with van der Waals surface area (Å²) >= 11 is 5.14. The normalized spacial score (nSPS) is 10.1. The van der Waals surface area contributed by atoms with Crippen molar-refractivity contribution in [3.8, 4) is 6.07 Å². The minimum atomic E-state index is 0.229. The van der Waals surface area contributed by atoms with Crippen LogP contribution in [0.15, 0.2) is 9.85 Å². The molecular weight excluding hydrogens is 262 g/mol. The first kappa shape index (κ1) is 11.7. The van der Waals surface area contributed by atoms with Gasteiger partial charge in [-0.3, -0.25) is 0 Å². The second-order valence-electron chi connectivity index (χ2n) is 2.98. The van der Waals surface area contributed by atoms with Crippen LogP contribution in [0.3, 0.4) is 0 Å². The maximum atomic E-state index is 8.74. The Morgan fingerprint density at radius 2 is 2.29 bits per heavy atom. The number of aliphatic hydroxyl groups is 1. The third-order valence-electron chi connectivity index (χ3n) is 1.93. The molecule has 0 atom stereocenters. The second kappa shape index (κ2) is 6.18. The molecule has 4 heteroatoms. The molecule has 0 saturated heterocycles. The molecule has 14 heavy (non-hydrogen) atoms. The number of thiophene rings is 1. The van der Waals surface area contributed by atoms with Crippen molar-refractivity contribution in [3.63, 3.8) is 0 Å². The van der Waals surface area contributed by atoms with E-state index in [-0.39, 0.29) is 6.61 Å². The van der Waals surface area contributed by atoms with Gasteiger partial charge in [0.15, 0.2) is 0 Å². The van der Waals surface area contributed by atoms with Crippen LogP contribution in [0.25, 0.3) is 0 Å². The van der Waals surface area contributed by atoms with E-state index in [9.17, 15) is 0 Å². The van der Waals surface area contributed by atoms with Gasteiger partial charge in [0.2, 0.25) is 0 Å². The molecule has 1 N–H and O–H groups in total. The number of halogens is 1. The lowest BCUT2D eigenvalue weighted by Crippen LogP contribution is -1.91. The zero-order valence-electron chi connectivity index (χ0n) is 7.79. The molecular formula is C10H12BrNOS. The van der Waals surface area contributed by atoms with Crippen LogP contribution in [0.2, 0.25) is 0 Å². The summed E-state index contributed by atoms with van der Waals surface area (Å²) in [6, 6.07) is 4.23. The molecule has 76 valence electrons. The Morgan fingerprint density at radius 1 is 1.50 bits per heavy atom. The van der Waals surface area contributed by atoms with Crippen molar-refractivity contribution in [2.75, 3.05) is 6.61 Å². The van der Waals surface area contributed by atoms with Crippen LogP contribution in [0.4, 0.5) is 0 Å². The predicted molar refractivity (Wildman–Crippen MR) is 61.4 cm³/mol. The SMILES string of the molecule is N#CCCc1cc(Br)sc1CCCO. The van der Waals surface area contributed by atoms with Gasteiger partial charge in [-0.25, -0.2) is 0 Å². The first-order valence-electron chi connectivity index (χ1n) is 4.53. The van der Waals surface area contributed by atoms with Gasteiger partial charge < -0.3 is 5.11 Å². The minimum Gasteiger partial charge on any atom is -0.396 e. The minimum absolute atomic E-state index is 0.229. The Balaban J connectivity index is 2.65. The number of aryl methyl sites for hydroxylation is 2. The molecule has 0 aliphatic carbocycles. The molecule has 0 amide bonds. The standard InChI is InChI=1S/C10H12BrNOS/c11-10-7-8(3-1-5-12)9(14-10)4-2-6-13/h7,13H,1-4,6H2. The van der Waals surface area contributed by atoms with Gasteiger partial charge in [-0.05, 0) is 46.8 Å². The fourth-order valence-electron chi connectivity index (χ4n) is 1.28. The Bertz CT molecular complexity index is 329. The molecule has 1 aromatic rings. The largest absolute Gasteiger partial charge is 0.396 e. The number of nitrogens with zero attached hydrogens (tertiary/aromatic N) is 1. The smallest absolute Gasteiger partial charge is 0.0704 e. The highest BCUT2D eigenvalue weighted by Gasteiger charge is 2.06. The van der Waals surface area contributed by atoms with Gasteiger partial charge in [0, 0.05) is 17.9 Å². The van der Waals surface area contributed by atoms with Gasteiger partial charge in [-0.2, -0.15) is 5.26 Å². The summed E-state index contributed by atoms with van der Waals surface area (Å²) in [4.78, 5) is 1.29. The topological polar surface area (TPSA) is 44.0 Å². The van der Waals surface area contributed by atoms with Crippen molar-refractivity contribution >= 4 is 27.3 Å². The summed E-state index contributed by atoms with van der Waals surface area (Å²) < 4.78 is 1.11. The number of hydrogen-bond acceptors (Lipinski definition) is 3. The van der Waals surface area contributed by atoms with Gasteiger partial charge in [0.25, 0.3) is 0 Å². The van der Waals surface area contributed by atoms with Crippen LogP contribution in [0, 0.1) is 11.3 Å². The Hall–Kier alpha value is -0.370. The van der Waals surface area contributed by atoms with Crippen LogP contribution in [-0.4, -0.2) is 11.7 Å². The molecule has 1 aromatic heterocycles. The van der Waals surface area contributed by atoms with Crippen LogP contribution in [0.5, 0.6) is 0 Å². The molecule has 0 spiro atoms. The zero-order valence-corrected chi connectivity index (χ0v) is 10.2. The summed E-state index contributed by atoms with van der Waals surface area (Å²) in [5, 5.41) is 17.2. The van der Waals surface area contributed by atoms with E-state index in [0.717, 1.165) is 23.0 Å². The highest BCUT2D eigenvalue weighted by Crippen LogP contribution is 2.29. The van der Waals surface area contributed by atoms with Gasteiger partial charge in [0.1, 0.15) is 0 Å². The van der Waals surface area contributed by atoms with E-state index in [1.807, 2.05) is 0 Å². The maximum absolute atomic E-state index is 8.74. The van der Waals surface area contributed by atoms with Crippen molar-refractivity contribution in [1.82, 2.24) is 0 Å². The average molecular weight is 274 g/mol. The van der Waals surface area contributed by atoms with Crippen molar-refractivity contribution < 1.29 is 5.11 Å². The first-order chi connectivity index (χ1) is 6.77. The van der Waals surface area contributed by atoms with E-state index >= 15 is 0 Å². The predicted octanol–water partition coefficient (Wildman–Crippen LogP) is 2.89. The van der Waals surface area contributed by atoms with E-state index in [2.05, 4.69) is 28.1 Å².